The molecular weight excluding hydrogens is 393 g/mol. The van der Waals surface area contributed by atoms with Gasteiger partial charge in [-0.3, -0.25) is 15.1 Å². The molecule has 1 fully saturated rings. The van der Waals surface area contributed by atoms with Gasteiger partial charge in [0, 0.05) is 17.9 Å². The lowest BCUT2D eigenvalue weighted by molar-refractivity contribution is -0.420. The highest BCUT2D eigenvalue weighted by Crippen LogP contribution is 2.40. The lowest BCUT2D eigenvalue weighted by Gasteiger charge is -2.36. The maximum Gasteiger partial charge on any atom is 0.494 e. The molecule has 2 aromatic rings. The van der Waals surface area contributed by atoms with Gasteiger partial charge < -0.3 is 14.3 Å². The summed E-state index contributed by atoms with van der Waals surface area (Å²) in [4.78, 5) is 17.4. The van der Waals surface area contributed by atoms with Crippen LogP contribution in [-0.2, 0) is 9.31 Å². The van der Waals surface area contributed by atoms with Crippen LogP contribution in [0.1, 0.15) is 33.6 Å². The van der Waals surface area contributed by atoms with Gasteiger partial charge in [0.05, 0.1) is 16.1 Å². The number of benzene rings is 1. The number of hydrogen-bond donors (Lipinski definition) is 1. The van der Waals surface area contributed by atoms with Gasteiger partial charge in [-0.15, -0.1) is 0 Å². The zero-order valence-electron chi connectivity index (χ0n) is 16.6. The second kappa shape index (κ2) is 8.14. The number of aromatic amines is 1. The lowest BCUT2D eigenvalue weighted by Crippen LogP contribution is -2.44. The van der Waals surface area contributed by atoms with Gasteiger partial charge in [-0.2, -0.15) is 0 Å². The third-order valence-electron chi connectivity index (χ3n) is 5.42. The molecule has 1 atom stereocenters. The van der Waals surface area contributed by atoms with Gasteiger partial charge in [0.2, 0.25) is 0 Å². The Hall–Kier alpha value is -2.42. The third-order valence-corrected chi connectivity index (χ3v) is 5.61. The second-order valence-corrected chi connectivity index (χ2v) is 8.14. The number of fused-ring (bicyclic) bond motifs is 1. The first-order chi connectivity index (χ1) is 13.6. The average molecular weight is 416 g/mol. The monoisotopic (exact) mass is 415 g/mol. The van der Waals surface area contributed by atoms with E-state index >= 15 is 0 Å². The van der Waals surface area contributed by atoms with E-state index in [9.17, 15) is 10.1 Å². The molecular formula is C20H23BClN3O4. The Morgan fingerprint density at radius 3 is 2.83 bits per heavy atom. The van der Waals surface area contributed by atoms with Crippen LogP contribution in [0.15, 0.2) is 59.0 Å². The van der Waals surface area contributed by atoms with Gasteiger partial charge in [0.25, 0.3) is 0 Å². The summed E-state index contributed by atoms with van der Waals surface area (Å²) in [6, 6.07) is 8.09. The Labute approximate surface area is 174 Å². The van der Waals surface area contributed by atoms with E-state index in [-0.39, 0.29) is 10.7 Å². The van der Waals surface area contributed by atoms with Crippen LogP contribution in [0.2, 0.25) is 0 Å². The molecule has 1 N–H and O–H groups in total. The summed E-state index contributed by atoms with van der Waals surface area (Å²) in [5.41, 5.74) is 0.574. The van der Waals surface area contributed by atoms with Gasteiger partial charge in [-0.05, 0) is 56.6 Å². The summed E-state index contributed by atoms with van der Waals surface area (Å²) in [7, 11) is -0.472. The number of nitrogens with one attached hydrogen (secondary N) is 1. The zero-order valence-corrected chi connectivity index (χ0v) is 17.4. The highest BCUT2D eigenvalue weighted by molar-refractivity contribution is 6.62. The molecule has 0 radical (unpaired) electrons. The molecule has 0 spiro atoms. The fourth-order valence-corrected chi connectivity index (χ4v) is 3.37. The maximum atomic E-state index is 10.9. The molecule has 0 aliphatic carbocycles. The van der Waals surface area contributed by atoms with E-state index in [1.54, 1.807) is 6.21 Å². The van der Waals surface area contributed by atoms with Crippen molar-refractivity contribution in [2.75, 3.05) is 0 Å². The molecule has 0 amide bonds. The van der Waals surface area contributed by atoms with Crippen LogP contribution < -0.4 is 5.46 Å². The first-order valence-corrected chi connectivity index (χ1v) is 9.64. The van der Waals surface area contributed by atoms with Crippen molar-refractivity contribution < 1.29 is 14.2 Å². The van der Waals surface area contributed by atoms with Crippen LogP contribution in [-0.4, -0.2) is 34.4 Å². The van der Waals surface area contributed by atoms with E-state index in [1.807, 2.05) is 51.2 Å². The number of allylic oxidation sites excluding steroid dienone is 1. The Kier molecular flexibility index (Phi) is 5.98. The summed E-state index contributed by atoms with van der Waals surface area (Å²) in [6.07, 6.45) is 5.79. The summed E-state index contributed by atoms with van der Waals surface area (Å²) in [5.74, 6) is 0. The van der Waals surface area contributed by atoms with Gasteiger partial charge >= 0.3 is 12.8 Å². The van der Waals surface area contributed by atoms with E-state index in [0.717, 1.165) is 22.6 Å². The molecule has 7 nitrogen and oxygen atoms in total. The minimum atomic E-state index is -0.614. The molecule has 1 aliphatic heterocycles. The second-order valence-electron chi connectivity index (χ2n) is 7.68. The summed E-state index contributed by atoms with van der Waals surface area (Å²) in [6.45, 7) is 9.37. The number of rotatable bonds is 7. The van der Waals surface area contributed by atoms with Crippen LogP contribution in [0.5, 0.6) is 0 Å². The fraction of sp³-hybridized carbons (Fsp3) is 0.350. The predicted molar refractivity (Wildman–Crippen MR) is 116 cm³/mol. The molecule has 29 heavy (non-hydrogen) atoms. The summed E-state index contributed by atoms with van der Waals surface area (Å²) in [5, 5.41) is 11.8. The largest absolute Gasteiger partial charge is 0.494 e. The quantitative estimate of drug-likeness (QED) is 0.242. The first kappa shape index (κ1) is 21.3. The number of nitro groups is 1. The van der Waals surface area contributed by atoms with Gasteiger partial charge in [-0.25, -0.2) is 0 Å². The highest BCUT2D eigenvalue weighted by Gasteiger charge is 2.54. The third kappa shape index (κ3) is 4.44. The molecule has 3 rings (SSSR count). The van der Waals surface area contributed by atoms with Crippen molar-refractivity contribution in [3.8, 4) is 0 Å². The molecule has 1 aliphatic rings. The number of nitrogens with zero attached hydrogens (tertiary/aromatic N) is 2. The van der Waals surface area contributed by atoms with Crippen LogP contribution in [0, 0.1) is 10.1 Å². The standard InChI is InChI=1S/C20H23BClN3O4/c1-14(22)18(25(26)27)13-23-10-5-9-20(4)19(2,3)28-21(29-20)16-7-6-15-8-11-24-17(15)12-16/h6-8,10-13,24H,1,5,9H2,2-4H3/b18-13+,23-10+. The van der Waals surface area contributed by atoms with Crippen LogP contribution in [0.3, 0.4) is 0 Å². The Balaban J connectivity index is 1.68. The fourth-order valence-electron chi connectivity index (χ4n) is 3.26. The molecule has 0 saturated carbocycles. The number of hydrogen-bond acceptors (Lipinski definition) is 5. The van der Waals surface area contributed by atoms with Crippen LogP contribution in [0.25, 0.3) is 10.9 Å². The van der Waals surface area contributed by atoms with Crippen molar-refractivity contribution in [3.63, 3.8) is 0 Å². The van der Waals surface area contributed by atoms with Gasteiger partial charge in [-0.1, -0.05) is 30.3 Å². The highest BCUT2D eigenvalue weighted by atomic mass is 35.5. The number of aromatic nitrogens is 1. The molecule has 1 unspecified atom stereocenters. The van der Waals surface area contributed by atoms with E-state index in [4.69, 9.17) is 20.9 Å². The van der Waals surface area contributed by atoms with Crippen molar-refractivity contribution in [2.24, 2.45) is 4.99 Å². The number of H-pyrrole nitrogens is 1. The van der Waals surface area contributed by atoms with Crippen molar-refractivity contribution in [3.05, 3.63) is 64.1 Å². The molecule has 2 heterocycles. The number of halogens is 1. The molecule has 1 aromatic heterocycles. The Morgan fingerprint density at radius 1 is 1.38 bits per heavy atom. The summed E-state index contributed by atoms with van der Waals surface area (Å²) >= 11 is 5.60. The van der Waals surface area contributed by atoms with Crippen LogP contribution >= 0.6 is 11.6 Å². The van der Waals surface area contributed by atoms with Crippen molar-refractivity contribution >= 4 is 41.3 Å². The zero-order chi connectivity index (χ0) is 21.2. The summed E-state index contributed by atoms with van der Waals surface area (Å²) < 4.78 is 12.5. The lowest BCUT2D eigenvalue weighted by atomic mass is 9.79. The Bertz CT molecular complexity index is 985. The average Bonchev–Trinajstić information content (AvgIpc) is 3.19. The predicted octanol–water partition coefficient (Wildman–Crippen LogP) is 4.17. The maximum absolute atomic E-state index is 10.9. The van der Waals surface area contributed by atoms with Crippen molar-refractivity contribution in [1.82, 2.24) is 4.98 Å². The van der Waals surface area contributed by atoms with Crippen molar-refractivity contribution in [1.29, 1.82) is 0 Å². The van der Waals surface area contributed by atoms with Gasteiger partial charge in [0.1, 0.15) is 11.2 Å². The van der Waals surface area contributed by atoms with Gasteiger partial charge in [0.15, 0.2) is 0 Å². The molecule has 0 bridgehead atoms. The molecule has 1 saturated heterocycles. The van der Waals surface area contributed by atoms with Crippen LogP contribution in [0.4, 0.5) is 0 Å². The van der Waals surface area contributed by atoms with E-state index < -0.39 is 23.2 Å². The number of aliphatic imine (C=N–C) groups is 1. The Morgan fingerprint density at radius 2 is 2.14 bits per heavy atom. The topological polar surface area (TPSA) is 89.8 Å². The smallest absolute Gasteiger partial charge is 0.399 e. The minimum Gasteiger partial charge on any atom is -0.399 e. The molecule has 152 valence electrons. The minimum absolute atomic E-state index is 0.158. The van der Waals surface area contributed by atoms with E-state index in [0.29, 0.717) is 12.8 Å². The van der Waals surface area contributed by atoms with E-state index in [2.05, 4.69) is 16.6 Å². The SMILES string of the molecule is C=C(Cl)/C(=C\N=C\CCC1(C)OB(c2ccc3cc[nH]c3c2)OC1(C)C)[N+](=O)[O-]. The first-order valence-electron chi connectivity index (χ1n) is 9.27. The normalized spacial score (nSPS) is 21.9. The molecule has 1 aromatic carbocycles. The van der Waals surface area contributed by atoms with E-state index in [1.165, 1.54) is 0 Å². The molecule has 9 heteroatoms. The van der Waals surface area contributed by atoms with Crippen molar-refractivity contribution in [2.45, 2.75) is 44.8 Å².